The fourth-order valence-corrected chi connectivity index (χ4v) is 4.04. The number of nitrogens with zero attached hydrogens (tertiary/aromatic N) is 1. The number of imide groups is 1. The minimum absolute atomic E-state index is 0.143. The second kappa shape index (κ2) is 8.24. The minimum atomic E-state index is -0.616. The van der Waals surface area contributed by atoms with Gasteiger partial charge in [-0.05, 0) is 58.3 Å². The summed E-state index contributed by atoms with van der Waals surface area (Å²) in [6.07, 6.45) is 1.70. The van der Waals surface area contributed by atoms with Gasteiger partial charge in [0.25, 0.3) is 5.91 Å². The Balaban J connectivity index is 1.45. The highest BCUT2D eigenvalue weighted by atomic mass is 16.2. The molecule has 0 aliphatic carbocycles. The van der Waals surface area contributed by atoms with Gasteiger partial charge in [0.15, 0.2) is 0 Å². The Hall–Kier alpha value is -4.45. The number of carbonyl (C=O) groups excluding carboxylic acids is 3. The molecule has 0 bridgehead atoms. The molecule has 0 aromatic heterocycles. The van der Waals surface area contributed by atoms with Crippen LogP contribution in [-0.4, -0.2) is 29.3 Å². The number of urea groups is 1. The summed E-state index contributed by atoms with van der Waals surface area (Å²) in [5.74, 6) is -0.977. The maximum absolute atomic E-state index is 13.0. The number of fused-ring (bicyclic) bond motifs is 2. The van der Waals surface area contributed by atoms with Gasteiger partial charge >= 0.3 is 6.03 Å². The van der Waals surface area contributed by atoms with Crippen LogP contribution in [-0.2, 0) is 9.59 Å². The van der Waals surface area contributed by atoms with E-state index < -0.39 is 17.8 Å². The van der Waals surface area contributed by atoms with Crippen LogP contribution in [0, 0.1) is 6.92 Å². The molecule has 0 atom stereocenters. The van der Waals surface area contributed by atoms with Gasteiger partial charge in [0.2, 0.25) is 5.91 Å². The normalized spacial score (nSPS) is 14.8. The van der Waals surface area contributed by atoms with Crippen molar-refractivity contribution < 1.29 is 14.4 Å². The maximum atomic E-state index is 13.0. The van der Waals surface area contributed by atoms with E-state index in [9.17, 15) is 14.4 Å². The zero-order valence-electron chi connectivity index (χ0n) is 18.0. The Kier molecular flexibility index (Phi) is 5.11. The van der Waals surface area contributed by atoms with Crippen LogP contribution in [0.15, 0.2) is 84.6 Å². The summed E-state index contributed by atoms with van der Waals surface area (Å²) >= 11 is 0. The van der Waals surface area contributed by atoms with Crippen molar-refractivity contribution in [1.29, 1.82) is 0 Å². The second-order valence-electron chi connectivity index (χ2n) is 8.03. The van der Waals surface area contributed by atoms with E-state index in [-0.39, 0.29) is 12.2 Å². The number of carbonyl (C=O) groups is 3. The Morgan fingerprint density at radius 2 is 1.52 bits per heavy atom. The third kappa shape index (κ3) is 3.94. The molecule has 1 saturated heterocycles. The summed E-state index contributed by atoms with van der Waals surface area (Å²) in [7, 11) is 0. The van der Waals surface area contributed by atoms with Crippen LogP contribution in [0.25, 0.3) is 27.6 Å². The van der Waals surface area contributed by atoms with Gasteiger partial charge in [-0.1, -0.05) is 66.2 Å². The van der Waals surface area contributed by atoms with E-state index in [2.05, 4.69) is 16.7 Å². The van der Waals surface area contributed by atoms with Crippen LogP contribution in [0.1, 0.15) is 11.1 Å². The number of aryl methyl sites for hydroxylation is 1. The number of nitrogens with one attached hydrogen (secondary N) is 2. The van der Waals surface area contributed by atoms with Crippen molar-refractivity contribution in [3.05, 3.63) is 95.7 Å². The van der Waals surface area contributed by atoms with E-state index in [0.29, 0.717) is 5.69 Å². The van der Waals surface area contributed by atoms with Crippen molar-refractivity contribution in [2.24, 2.45) is 0 Å². The zero-order chi connectivity index (χ0) is 22.9. The van der Waals surface area contributed by atoms with Gasteiger partial charge in [-0.15, -0.1) is 0 Å². The van der Waals surface area contributed by atoms with E-state index in [4.69, 9.17) is 0 Å². The van der Waals surface area contributed by atoms with E-state index in [1.54, 1.807) is 18.2 Å². The molecule has 6 heteroatoms. The number of hydrogen-bond donors (Lipinski definition) is 2. The predicted octanol–water partition coefficient (Wildman–Crippen LogP) is 4.83. The molecule has 162 valence electrons. The van der Waals surface area contributed by atoms with E-state index in [1.807, 2.05) is 67.6 Å². The average Bonchev–Trinajstić information content (AvgIpc) is 3.07. The number of amides is 4. The van der Waals surface area contributed by atoms with Gasteiger partial charge in [-0.2, -0.15) is 0 Å². The molecule has 0 spiro atoms. The molecular weight excluding hydrogens is 414 g/mol. The summed E-state index contributed by atoms with van der Waals surface area (Å²) in [6, 6.07) is 24.6. The number of hydrogen-bond acceptors (Lipinski definition) is 3. The molecule has 33 heavy (non-hydrogen) atoms. The number of rotatable bonds is 4. The molecule has 1 aliphatic rings. The van der Waals surface area contributed by atoms with Gasteiger partial charge in [-0.25, -0.2) is 9.69 Å². The zero-order valence-corrected chi connectivity index (χ0v) is 18.0. The first-order valence-electron chi connectivity index (χ1n) is 10.6. The number of benzene rings is 4. The fourth-order valence-electron chi connectivity index (χ4n) is 4.04. The fraction of sp³-hybridized carbons (Fsp3) is 0.0741. The van der Waals surface area contributed by atoms with Crippen molar-refractivity contribution in [2.45, 2.75) is 6.92 Å². The van der Waals surface area contributed by atoms with Crippen molar-refractivity contribution in [3.8, 4) is 0 Å². The van der Waals surface area contributed by atoms with Crippen LogP contribution in [0.4, 0.5) is 10.5 Å². The van der Waals surface area contributed by atoms with Crippen molar-refractivity contribution >= 4 is 51.2 Å². The average molecular weight is 435 g/mol. The Bertz CT molecular complexity index is 1400. The standard InChI is InChI=1S/C27H21N3O3/c1-17-10-12-20(13-11-17)28-25(31)16-30-26(32)24(29-27(30)33)15-23-21-8-4-2-6-18(21)14-19-7-3-5-9-22(19)23/h2-15H,16H2,1H3,(H,28,31)(H,29,33)/b24-15+. The van der Waals surface area contributed by atoms with E-state index in [0.717, 1.165) is 37.6 Å². The Labute approximate surface area is 190 Å². The summed E-state index contributed by atoms with van der Waals surface area (Å²) < 4.78 is 0. The van der Waals surface area contributed by atoms with Gasteiger partial charge in [0, 0.05) is 5.69 Å². The van der Waals surface area contributed by atoms with Gasteiger partial charge in [0.05, 0.1) is 0 Å². The first-order chi connectivity index (χ1) is 16.0. The van der Waals surface area contributed by atoms with Gasteiger partial charge in [-0.3, -0.25) is 9.59 Å². The van der Waals surface area contributed by atoms with Gasteiger partial charge in [0.1, 0.15) is 12.2 Å². The quantitative estimate of drug-likeness (QED) is 0.274. The highest BCUT2D eigenvalue weighted by Crippen LogP contribution is 2.30. The van der Waals surface area contributed by atoms with Crippen molar-refractivity contribution in [3.63, 3.8) is 0 Å². The monoisotopic (exact) mass is 435 g/mol. The third-order valence-corrected chi connectivity index (χ3v) is 5.70. The molecule has 1 aliphatic heterocycles. The molecular formula is C27H21N3O3. The first-order valence-corrected chi connectivity index (χ1v) is 10.6. The lowest BCUT2D eigenvalue weighted by Crippen LogP contribution is -2.38. The van der Waals surface area contributed by atoms with Crippen LogP contribution in [0.2, 0.25) is 0 Å². The van der Waals surface area contributed by atoms with Crippen LogP contribution in [0.5, 0.6) is 0 Å². The predicted molar refractivity (Wildman–Crippen MR) is 129 cm³/mol. The van der Waals surface area contributed by atoms with Crippen molar-refractivity contribution in [2.75, 3.05) is 11.9 Å². The van der Waals surface area contributed by atoms with E-state index >= 15 is 0 Å². The summed E-state index contributed by atoms with van der Waals surface area (Å²) in [6.45, 7) is 1.58. The van der Waals surface area contributed by atoms with E-state index in [1.165, 1.54) is 0 Å². The largest absolute Gasteiger partial charge is 0.329 e. The molecule has 5 rings (SSSR count). The molecule has 1 heterocycles. The lowest BCUT2D eigenvalue weighted by molar-refractivity contribution is -0.127. The third-order valence-electron chi connectivity index (χ3n) is 5.70. The molecule has 4 aromatic carbocycles. The lowest BCUT2D eigenvalue weighted by atomic mass is 9.96. The maximum Gasteiger partial charge on any atom is 0.329 e. The molecule has 0 radical (unpaired) electrons. The van der Waals surface area contributed by atoms with Crippen LogP contribution >= 0.6 is 0 Å². The SMILES string of the molecule is Cc1ccc(NC(=O)CN2C(=O)N/C(=C/c3c4ccccc4cc4ccccc34)C2=O)cc1. The first kappa shape index (κ1) is 20.5. The second-order valence-corrected chi connectivity index (χ2v) is 8.03. The van der Waals surface area contributed by atoms with Crippen LogP contribution in [0.3, 0.4) is 0 Å². The smallest absolute Gasteiger partial charge is 0.325 e. The molecule has 2 N–H and O–H groups in total. The molecule has 0 unspecified atom stereocenters. The Morgan fingerprint density at radius 1 is 0.909 bits per heavy atom. The summed E-state index contributed by atoms with van der Waals surface area (Å²) in [4.78, 5) is 38.9. The lowest BCUT2D eigenvalue weighted by Gasteiger charge is -2.12. The molecule has 4 aromatic rings. The highest BCUT2D eigenvalue weighted by Gasteiger charge is 2.35. The van der Waals surface area contributed by atoms with Gasteiger partial charge < -0.3 is 10.6 Å². The molecule has 6 nitrogen and oxygen atoms in total. The summed E-state index contributed by atoms with van der Waals surface area (Å²) in [5.41, 5.74) is 2.66. The topological polar surface area (TPSA) is 78.5 Å². The van der Waals surface area contributed by atoms with Crippen LogP contribution < -0.4 is 10.6 Å². The molecule has 0 saturated carbocycles. The minimum Gasteiger partial charge on any atom is -0.325 e. The molecule has 4 amide bonds. The Morgan fingerprint density at radius 3 is 2.15 bits per heavy atom. The molecule has 1 fully saturated rings. The van der Waals surface area contributed by atoms with Crippen molar-refractivity contribution in [1.82, 2.24) is 10.2 Å². The number of anilines is 1. The highest BCUT2D eigenvalue weighted by molar-refractivity contribution is 6.18. The summed E-state index contributed by atoms with van der Waals surface area (Å²) in [5, 5.41) is 9.36.